The summed E-state index contributed by atoms with van der Waals surface area (Å²) in [6, 6.07) is 22.7. The number of sulfonamides is 1. The average Bonchev–Trinajstić information content (AvgIpc) is 2.94. The maximum Gasteiger partial charge on any atom is 0.264 e. The van der Waals surface area contributed by atoms with Gasteiger partial charge in [0.05, 0.1) is 10.6 Å². The molecule has 3 aromatic carbocycles. The molecule has 7 nitrogen and oxygen atoms in total. The number of hydrogen-bond acceptors (Lipinski definition) is 4. The molecular weight excluding hydrogens is 522 g/mol. The van der Waals surface area contributed by atoms with Crippen LogP contribution in [0.2, 0.25) is 0 Å². The van der Waals surface area contributed by atoms with Crippen LogP contribution in [0.1, 0.15) is 49.8 Å². The summed E-state index contributed by atoms with van der Waals surface area (Å²) in [6.45, 7) is 8.08. The van der Waals surface area contributed by atoms with E-state index in [4.69, 9.17) is 0 Å². The molecule has 2 amide bonds. The summed E-state index contributed by atoms with van der Waals surface area (Å²) in [6.07, 6.45) is 2.74. The molecule has 3 aromatic rings. The summed E-state index contributed by atoms with van der Waals surface area (Å²) in [5.41, 5.74) is 3.24. The average molecular weight is 564 g/mol. The lowest BCUT2D eigenvalue weighted by atomic mass is 10.1. The van der Waals surface area contributed by atoms with E-state index < -0.39 is 28.5 Å². The van der Waals surface area contributed by atoms with Crippen LogP contribution in [-0.4, -0.2) is 50.8 Å². The first kappa shape index (κ1) is 30.9. The molecule has 0 aliphatic carbocycles. The Morgan fingerprint density at radius 3 is 2.20 bits per heavy atom. The van der Waals surface area contributed by atoms with Crippen LogP contribution in [0.15, 0.2) is 83.8 Å². The summed E-state index contributed by atoms with van der Waals surface area (Å²) in [5, 5.41) is 2.96. The summed E-state index contributed by atoms with van der Waals surface area (Å²) >= 11 is 0. The molecule has 0 saturated heterocycles. The third-order valence-electron chi connectivity index (χ3n) is 6.88. The maximum atomic E-state index is 14.0. The summed E-state index contributed by atoms with van der Waals surface area (Å²) < 4.78 is 29.0. The Morgan fingerprint density at radius 1 is 0.875 bits per heavy atom. The molecule has 0 aliphatic heterocycles. The summed E-state index contributed by atoms with van der Waals surface area (Å²) in [5.74, 6) is -0.647. The Labute approximate surface area is 239 Å². The molecule has 0 fully saturated rings. The minimum absolute atomic E-state index is 0.104. The van der Waals surface area contributed by atoms with Crippen LogP contribution < -0.4 is 9.62 Å². The Balaban J connectivity index is 1.98. The minimum Gasteiger partial charge on any atom is -0.354 e. The highest BCUT2D eigenvalue weighted by Gasteiger charge is 2.33. The summed E-state index contributed by atoms with van der Waals surface area (Å²) in [7, 11) is -4.07. The topological polar surface area (TPSA) is 86.8 Å². The monoisotopic (exact) mass is 563 g/mol. The number of anilines is 1. The van der Waals surface area contributed by atoms with Crippen molar-refractivity contribution in [3.63, 3.8) is 0 Å². The Bertz CT molecular complexity index is 1360. The number of benzene rings is 3. The van der Waals surface area contributed by atoms with Crippen molar-refractivity contribution in [1.29, 1.82) is 0 Å². The van der Waals surface area contributed by atoms with Crippen molar-refractivity contribution >= 4 is 27.5 Å². The van der Waals surface area contributed by atoms with E-state index in [0.29, 0.717) is 25.1 Å². The highest BCUT2D eigenvalue weighted by atomic mass is 32.2. The van der Waals surface area contributed by atoms with Gasteiger partial charge in [-0.15, -0.1) is 0 Å². The van der Waals surface area contributed by atoms with Crippen molar-refractivity contribution in [2.75, 3.05) is 23.9 Å². The zero-order chi connectivity index (χ0) is 29.1. The first-order valence-corrected chi connectivity index (χ1v) is 15.4. The molecule has 0 aromatic heterocycles. The first-order chi connectivity index (χ1) is 19.2. The fourth-order valence-corrected chi connectivity index (χ4v) is 5.96. The Hall–Kier alpha value is -3.65. The van der Waals surface area contributed by atoms with Crippen molar-refractivity contribution < 1.29 is 18.0 Å². The molecule has 0 radical (unpaired) electrons. The van der Waals surface area contributed by atoms with E-state index in [-0.39, 0.29) is 17.3 Å². The number of carbonyl (C=O) groups excluding carboxylic acids is 2. The van der Waals surface area contributed by atoms with Crippen molar-refractivity contribution in [2.45, 2.75) is 64.3 Å². The third-order valence-corrected chi connectivity index (χ3v) is 8.67. The molecule has 0 spiro atoms. The second kappa shape index (κ2) is 14.7. The van der Waals surface area contributed by atoms with Crippen LogP contribution >= 0.6 is 0 Å². The quantitative estimate of drug-likeness (QED) is 0.271. The highest BCUT2D eigenvalue weighted by molar-refractivity contribution is 7.92. The van der Waals surface area contributed by atoms with Gasteiger partial charge in [0, 0.05) is 13.1 Å². The van der Waals surface area contributed by atoms with Crippen LogP contribution in [0.4, 0.5) is 5.69 Å². The first-order valence-electron chi connectivity index (χ1n) is 13.9. The lowest BCUT2D eigenvalue weighted by Crippen LogP contribution is -2.53. The van der Waals surface area contributed by atoms with Crippen LogP contribution in [0.3, 0.4) is 0 Å². The SMILES string of the molecule is CCCCNC(=O)[C@H](CC)N(CCc1ccccc1)C(=O)CN(c1cccc(C)c1)S(=O)(=O)c1ccc(C)cc1. The zero-order valence-corrected chi connectivity index (χ0v) is 24.8. The van der Waals surface area contributed by atoms with Gasteiger partial charge >= 0.3 is 0 Å². The number of aryl methyl sites for hydroxylation is 2. The molecule has 0 heterocycles. The van der Waals surface area contributed by atoms with Crippen LogP contribution in [0.25, 0.3) is 0 Å². The molecule has 0 unspecified atom stereocenters. The van der Waals surface area contributed by atoms with Gasteiger partial charge in [-0.3, -0.25) is 13.9 Å². The number of rotatable bonds is 14. The molecule has 8 heteroatoms. The molecular formula is C32H41N3O4S. The second-order valence-electron chi connectivity index (χ2n) is 10.1. The lowest BCUT2D eigenvalue weighted by Gasteiger charge is -2.33. The molecule has 214 valence electrons. The summed E-state index contributed by atoms with van der Waals surface area (Å²) in [4.78, 5) is 28.9. The smallest absolute Gasteiger partial charge is 0.264 e. The number of amides is 2. The van der Waals surface area contributed by atoms with Gasteiger partial charge in [-0.25, -0.2) is 8.42 Å². The molecule has 1 atom stereocenters. The normalized spacial score (nSPS) is 12.0. The van der Waals surface area contributed by atoms with Crippen molar-refractivity contribution in [3.05, 3.63) is 95.6 Å². The van der Waals surface area contributed by atoms with Gasteiger partial charge in [0.2, 0.25) is 11.8 Å². The van der Waals surface area contributed by atoms with Crippen molar-refractivity contribution in [1.82, 2.24) is 10.2 Å². The predicted octanol–water partition coefficient (Wildman–Crippen LogP) is 5.26. The molecule has 1 N–H and O–H groups in total. The van der Waals surface area contributed by atoms with Crippen molar-refractivity contribution in [3.8, 4) is 0 Å². The van der Waals surface area contributed by atoms with Gasteiger partial charge in [0.15, 0.2) is 0 Å². The van der Waals surface area contributed by atoms with E-state index in [1.54, 1.807) is 47.4 Å². The lowest BCUT2D eigenvalue weighted by molar-refractivity contribution is -0.139. The van der Waals surface area contributed by atoms with Gasteiger partial charge in [-0.05, 0) is 68.5 Å². The minimum atomic E-state index is -4.07. The van der Waals surface area contributed by atoms with Gasteiger partial charge in [-0.2, -0.15) is 0 Å². The van der Waals surface area contributed by atoms with Crippen LogP contribution in [0, 0.1) is 13.8 Å². The van der Waals surface area contributed by atoms with Gasteiger partial charge in [0.25, 0.3) is 10.0 Å². The Morgan fingerprint density at radius 2 is 1.57 bits per heavy atom. The molecule has 3 rings (SSSR count). The number of nitrogens with one attached hydrogen (secondary N) is 1. The van der Waals surface area contributed by atoms with E-state index in [0.717, 1.165) is 33.8 Å². The fourth-order valence-electron chi connectivity index (χ4n) is 4.55. The highest BCUT2D eigenvalue weighted by Crippen LogP contribution is 2.25. The van der Waals surface area contributed by atoms with E-state index in [1.807, 2.05) is 64.1 Å². The van der Waals surface area contributed by atoms with Crippen LogP contribution in [-0.2, 0) is 26.0 Å². The number of carbonyl (C=O) groups is 2. The molecule has 0 aliphatic rings. The zero-order valence-electron chi connectivity index (χ0n) is 24.0. The largest absolute Gasteiger partial charge is 0.354 e. The van der Waals surface area contributed by atoms with E-state index in [9.17, 15) is 18.0 Å². The predicted molar refractivity (Wildman–Crippen MR) is 161 cm³/mol. The van der Waals surface area contributed by atoms with Gasteiger partial charge in [-0.1, -0.05) is 80.4 Å². The molecule has 40 heavy (non-hydrogen) atoms. The number of hydrogen-bond donors (Lipinski definition) is 1. The number of unbranched alkanes of at least 4 members (excludes halogenated alkanes) is 1. The Kier molecular flexibility index (Phi) is 11.3. The van der Waals surface area contributed by atoms with Gasteiger partial charge in [0.1, 0.15) is 12.6 Å². The van der Waals surface area contributed by atoms with Gasteiger partial charge < -0.3 is 10.2 Å². The van der Waals surface area contributed by atoms with Crippen molar-refractivity contribution in [2.24, 2.45) is 0 Å². The maximum absolute atomic E-state index is 14.0. The fraction of sp³-hybridized carbons (Fsp3) is 0.375. The third kappa shape index (κ3) is 8.18. The molecule has 0 saturated carbocycles. The second-order valence-corrected chi connectivity index (χ2v) is 11.9. The van der Waals surface area contributed by atoms with E-state index in [1.165, 1.54) is 0 Å². The standard InChI is InChI=1S/C32H41N3O4S/c1-5-7-21-33-32(37)30(6-2)34(22-20-27-13-9-8-10-14-27)31(36)24-35(28-15-11-12-26(4)23-28)40(38,39)29-18-16-25(3)17-19-29/h8-19,23,30H,5-7,20-22,24H2,1-4H3,(H,33,37)/t30-/m0/s1. The molecule has 0 bridgehead atoms. The number of nitrogens with zero attached hydrogens (tertiary/aromatic N) is 2. The van der Waals surface area contributed by atoms with E-state index >= 15 is 0 Å². The van der Waals surface area contributed by atoms with Crippen LogP contribution in [0.5, 0.6) is 0 Å². The van der Waals surface area contributed by atoms with E-state index in [2.05, 4.69) is 5.32 Å².